The van der Waals surface area contributed by atoms with Crippen LogP contribution in [0, 0.1) is 5.41 Å². The van der Waals surface area contributed by atoms with E-state index in [1.165, 1.54) is 6.42 Å². The van der Waals surface area contributed by atoms with Crippen LogP contribution in [0.25, 0.3) is 21.7 Å². The second kappa shape index (κ2) is 5.86. The predicted molar refractivity (Wildman–Crippen MR) is 92.5 cm³/mol. The van der Waals surface area contributed by atoms with E-state index in [-0.39, 0.29) is 12.0 Å². The number of thiophene rings is 1. The highest BCUT2D eigenvalue weighted by Crippen LogP contribution is 2.40. The third-order valence-electron chi connectivity index (χ3n) is 4.60. The molecule has 3 heterocycles. The van der Waals surface area contributed by atoms with E-state index < -0.39 is 0 Å². The van der Waals surface area contributed by atoms with Crippen LogP contribution in [0.1, 0.15) is 19.3 Å². The smallest absolute Gasteiger partial charge is 0.181 e. The highest BCUT2D eigenvalue weighted by atomic mass is 32.1. The molecule has 118 valence electrons. The fraction of sp³-hybridized carbons (Fsp3) is 0.353. The van der Waals surface area contributed by atoms with Crippen LogP contribution in [0.3, 0.4) is 0 Å². The molecule has 0 unspecified atom stereocenters. The molecule has 1 saturated carbocycles. The quantitative estimate of drug-likeness (QED) is 0.752. The van der Waals surface area contributed by atoms with Crippen molar-refractivity contribution in [3.63, 3.8) is 0 Å². The second-order valence-corrected chi connectivity index (χ2v) is 7.01. The lowest BCUT2D eigenvalue weighted by atomic mass is 9.69. The van der Waals surface area contributed by atoms with E-state index in [2.05, 4.69) is 20.3 Å². The number of pyridine rings is 1. The average molecular weight is 326 g/mol. The van der Waals surface area contributed by atoms with Crippen molar-refractivity contribution in [2.45, 2.75) is 19.3 Å². The molecule has 0 saturated heterocycles. The first-order chi connectivity index (χ1) is 11.3. The third-order valence-corrected chi connectivity index (χ3v) is 5.41. The molecule has 0 spiro atoms. The fourth-order valence-electron chi connectivity index (χ4n) is 2.94. The zero-order valence-electron chi connectivity index (χ0n) is 12.7. The van der Waals surface area contributed by atoms with Crippen LogP contribution < -0.4 is 5.32 Å². The monoisotopic (exact) mass is 326 g/mol. The van der Waals surface area contributed by atoms with Crippen molar-refractivity contribution in [1.82, 2.24) is 15.0 Å². The SMILES string of the molecule is OCC1(CNc2nc(-c3ccccn3)nc3sccc23)CCC1. The van der Waals surface area contributed by atoms with Gasteiger partial charge >= 0.3 is 0 Å². The molecule has 1 aliphatic carbocycles. The predicted octanol–water partition coefficient (Wildman–Crippen LogP) is 3.33. The maximum absolute atomic E-state index is 9.64. The molecule has 0 aliphatic heterocycles. The lowest BCUT2D eigenvalue weighted by Crippen LogP contribution is -2.40. The Bertz CT molecular complexity index is 808. The van der Waals surface area contributed by atoms with Gasteiger partial charge in [-0.2, -0.15) is 0 Å². The molecule has 1 fully saturated rings. The van der Waals surface area contributed by atoms with E-state index in [4.69, 9.17) is 0 Å². The van der Waals surface area contributed by atoms with E-state index in [9.17, 15) is 5.11 Å². The Labute approximate surface area is 138 Å². The summed E-state index contributed by atoms with van der Waals surface area (Å²) < 4.78 is 0. The minimum Gasteiger partial charge on any atom is -0.396 e. The fourth-order valence-corrected chi connectivity index (χ4v) is 3.70. The largest absolute Gasteiger partial charge is 0.396 e. The van der Waals surface area contributed by atoms with Gasteiger partial charge in [0.05, 0.1) is 12.0 Å². The molecular weight excluding hydrogens is 308 g/mol. The first-order valence-corrected chi connectivity index (χ1v) is 8.69. The van der Waals surface area contributed by atoms with Gasteiger partial charge in [-0.05, 0) is 36.4 Å². The van der Waals surface area contributed by atoms with Gasteiger partial charge in [-0.15, -0.1) is 11.3 Å². The van der Waals surface area contributed by atoms with E-state index in [1.54, 1.807) is 17.5 Å². The van der Waals surface area contributed by atoms with Crippen molar-refractivity contribution in [2.24, 2.45) is 5.41 Å². The summed E-state index contributed by atoms with van der Waals surface area (Å²) in [5.41, 5.74) is 0.782. The molecule has 0 atom stereocenters. The van der Waals surface area contributed by atoms with E-state index in [0.717, 1.165) is 41.1 Å². The van der Waals surface area contributed by atoms with Crippen LogP contribution >= 0.6 is 11.3 Å². The number of nitrogens with one attached hydrogen (secondary N) is 1. The number of hydrogen-bond donors (Lipinski definition) is 2. The molecule has 2 N–H and O–H groups in total. The van der Waals surface area contributed by atoms with Crippen LogP contribution in [-0.2, 0) is 0 Å². The van der Waals surface area contributed by atoms with Crippen molar-refractivity contribution >= 4 is 27.4 Å². The molecule has 5 nitrogen and oxygen atoms in total. The van der Waals surface area contributed by atoms with Crippen LogP contribution in [-0.4, -0.2) is 33.2 Å². The molecule has 1 aliphatic rings. The first-order valence-electron chi connectivity index (χ1n) is 7.81. The van der Waals surface area contributed by atoms with Gasteiger partial charge in [0.25, 0.3) is 0 Å². The second-order valence-electron chi connectivity index (χ2n) is 6.12. The highest BCUT2D eigenvalue weighted by molar-refractivity contribution is 7.16. The maximum atomic E-state index is 9.64. The van der Waals surface area contributed by atoms with E-state index in [1.807, 2.05) is 29.6 Å². The van der Waals surface area contributed by atoms with Gasteiger partial charge in [0, 0.05) is 18.2 Å². The molecule has 0 amide bonds. The number of aliphatic hydroxyl groups is 1. The zero-order valence-corrected chi connectivity index (χ0v) is 13.5. The van der Waals surface area contributed by atoms with Crippen LogP contribution in [0.15, 0.2) is 35.8 Å². The Morgan fingerprint density at radius 2 is 2.13 bits per heavy atom. The lowest BCUT2D eigenvalue weighted by molar-refractivity contribution is 0.0576. The molecule has 0 radical (unpaired) electrons. The van der Waals surface area contributed by atoms with Crippen molar-refractivity contribution < 1.29 is 5.11 Å². The summed E-state index contributed by atoms with van der Waals surface area (Å²) in [4.78, 5) is 14.6. The van der Waals surface area contributed by atoms with Gasteiger partial charge in [0.1, 0.15) is 16.3 Å². The van der Waals surface area contributed by atoms with Gasteiger partial charge in [-0.1, -0.05) is 12.5 Å². The lowest BCUT2D eigenvalue weighted by Gasteiger charge is -2.40. The van der Waals surface area contributed by atoms with Crippen molar-refractivity contribution in [1.29, 1.82) is 0 Å². The van der Waals surface area contributed by atoms with Crippen LogP contribution in [0.5, 0.6) is 0 Å². The van der Waals surface area contributed by atoms with E-state index in [0.29, 0.717) is 5.82 Å². The van der Waals surface area contributed by atoms with Crippen LogP contribution in [0.2, 0.25) is 0 Å². The molecular formula is C17H18N4OS. The number of aromatic nitrogens is 3. The normalized spacial score (nSPS) is 16.2. The van der Waals surface area contributed by atoms with Crippen molar-refractivity contribution in [2.75, 3.05) is 18.5 Å². The molecule has 0 bridgehead atoms. The Balaban J connectivity index is 1.69. The number of nitrogens with zero attached hydrogens (tertiary/aromatic N) is 3. The molecule has 6 heteroatoms. The zero-order chi connectivity index (χ0) is 15.7. The Kier molecular flexibility index (Phi) is 3.71. The first kappa shape index (κ1) is 14.5. The minimum absolute atomic E-state index is 0.0124. The van der Waals surface area contributed by atoms with Gasteiger partial charge in [-0.25, -0.2) is 9.97 Å². The highest BCUT2D eigenvalue weighted by Gasteiger charge is 2.36. The molecule has 4 rings (SSSR count). The summed E-state index contributed by atoms with van der Waals surface area (Å²) >= 11 is 1.60. The molecule has 0 aromatic carbocycles. The third kappa shape index (κ3) is 2.68. The summed E-state index contributed by atoms with van der Waals surface area (Å²) in [6.45, 7) is 0.970. The summed E-state index contributed by atoms with van der Waals surface area (Å²) in [7, 11) is 0. The van der Waals surface area contributed by atoms with Gasteiger partial charge in [-0.3, -0.25) is 4.98 Å². The summed E-state index contributed by atoms with van der Waals surface area (Å²) in [6.07, 6.45) is 5.08. The van der Waals surface area contributed by atoms with Crippen molar-refractivity contribution in [3.8, 4) is 11.5 Å². The van der Waals surface area contributed by atoms with E-state index >= 15 is 0 Å². The van der Waals surface area contributed by atoms with Gasteiger partial charge in [0.2, 0.25) is 0 Å². The van der Waals surface area contributed by atoms with Crippen LogP contribution in [0.4, 0.5) is 5.82 Å². The number of fused-ring (bicyclic) bond motifs is 1. The Hall–Kier alpha value is -2.05. The van der Waals surface area contributed by atoms with Gasteiger partial charge in [0.15, 0.2) is 5.82 Å². The summed E-state index contributed by atoms with van der Waals surface area (Å²) in [6, 6.07) is 7.77. The average Bonchev–Trinajstić information content (AvgIpc) is 3.03. The minimum atomic E-state index is 0.0124. The van der Waals surface area contributed by atoms with Crippen molar-refractivity contribution in [3.05, 3.63) is 35.8 Å². The summed E-state index contributed by atoms with van der Waals surface area (Å²) in [5.74, 6) is 1.46. The molecule has 3 aromatic rings. The molecule has 23 heavy (non-hydrogen) atoms. The standard InChI is InChI=1S/C17H18N4OS/c22-11-17(6-3-7-17)10-19-14-12-5-9-23-16(12)21-15(20-14)13-4-1-2-8-18-13/h1-2,4-5,8-9,22H,3,6-7,10-11H2,(H,19,20,21). The van der Waals surface area contributed by atoms with Gasteiger partial charge < -0.3 is 10.4 Å². The number of rotatable bonds is 5. The topological polar surface area (TPSA) is 70.9 Å². The number of aliphatic hydroxyl groups excluding tert-OH is 1. The maximum Gasteiger partial charge on any atom is 0.181 e. The number of anilines is 1. The summed E-state index contributed by atoms with van der Waals surface area (Å²) in [5, 5.41) is 16.1. The Morgan fingerprint density at radius 1 is 1.22 bits per heavy atom. The number of hydrogen-bond acceptors (Lipinski definition) is 6. The molecule has 3 aromatic heterocycles. The Morgan fingerprint density at radius 3 is 2.83 bits per heavy atom.